The molecule has 0 aliphatic heterocycles. The van der Waals surface area contributed by atoms with Gasteiger partial charge >= 0.3 is 0 Å². The standard InChI is InChI=1S/C21H26N4O2/c1-15(18-8-5-4-6-9-18)24-21(22-12-11-19-10-7-13-26-19)23-14-20-16(2)25-27-17(20)3/h4-10,13,15H,11-12,14H2,1-3H3,(H2,22,23,24). The largest absolute Gasteiger partial charge is 0.469 e. The third kappa shape index (κ3) is 5.23. The molecular formula is C21H26N4O2. The summed E-state index contributed by atoms with van der Waals surface area (Å²) in [6, 6.07) is 14.3. The normalized spacial score (nSPS) is 12.8. The molecule has 0 fully saturated rings. The van der Waals surface area contributed by atoms with Crippen LogP contribution in [-0.4, -0.2) is 17.7 Å². The van der Waals surface area contributed by atoms with Crippen molar-refractivity contribution in [2.45, 2.75) is 39.8 Å². The van der Waals surface area contributed by atoms with Crippen molar-refractivity contribution in [2.24, 2.45) is 4.99 Å². The van der Waals surface area contributed by atoms with Gasteiger partial charge in [0.05, 0.1) is 24.5 Å². The summed E-state index contributed by atoms with van der Waals surface area (Å²) >= 11 is 0. The molecule has 1 atom stereocenters. The zero-order valence-corrected chi connectivity index (χ0v) is 16.0. The number of benzene rings is 1. The predicted molar refractivity (Wildman–Crippen MR) is 106 cm³/mol. The summed E-state index contributed by atoms with van der Waals surface area (Å²) in [5, 5.41) is 10.9. The molecule has 3 rings (SSSR count). The van der Waals surface area contributed by atoms with Gasteiger partial charge in [0.15, 0.2) is 5.96 Å². The Hall–Kier alpha value is -3.02. The maximum atomic E-state index is 5.40. The average Bonchev–Trinajstić information content (AvgIpc) is 3.30. The number of nitrogens with one attached hydrogen (secondary N) is 2. The van der Waals surface area contributed by atoms with E-state index >= 15 is 0 Å². The van der Waals surface area contributed by atoms with E-state index in [1.807, 2.05) is 44.2 Å². The van der Waals surface area contributed by atoms with E-state index in [4.69, 9.17) is 13.9 Å². The van der Waals surface area contributed by atoms with Crippen molar-refractivity contribution in [1.29, 1.82) is 0 Å². The number of guanidine groups is 1. The number of hydrogen-bond acceptors (Lipinski definition) is 4. The highest BCUT2D eigenvalue weighted by Gasteiger charge is 2.11. The Labute approximate surface area is 159 Å². The molecule has 2 N–H and O–H groups in total. The number of nitrogens with zero attached hydrogens (tertiary/aromatic N) is 2. The zero-order valence-electron chi connectivity index (χ0n) is 16.0. The van der Waals surface area contributed by atoms with Gasteiger partial charge in [0.1, 0.15) is 11.5 Å². The maximum Gasteiger partial charge on any atom is 0.192 e. The first kappa shape index (κ1) is 18.8. The Kier molecular flexibility index (Phi) is 6.30. The molecule has 6 heteroatoms. The lowest BCUT2D eigenvalue weighted by molar-refractivity contribution is 0.392. The lowest BCUT2D eigenvalue weighted by atomic mass is 10.1. The molecule has 3 aromatic rings. The van der Waals surface area contributed by atoms with Crippen molar-refractivity contribution in [3.05, 3.63) is 77.1 Å². The third-order valence-corrected chi connectivity index (χ3v) is 4.47. The van der Waals surface area contributed by atoms with Gasteiger partial charge in [0, 0.05) is 18.5 Å². The molecule has 0 amide bonds. The molecule has 0 radical (unpaired) electrons. The molecule has 27 heavy (non-hydrogen) atoms. The molecule has 0 saturated heterocycles. The van der Waals surface area contributed by atoms with Crippen LogP contribution in [0.4, 0.5) is 0 Å². The van der Waals surface area contributed by atoms with Gasteiger partial charge in [-0.15, -0.1) is 0 Å². The molecular weight excluding hydrogens is 340 g/mol. The second-order valence-electron chi connectivity index (χ2n) is 6.50. The number of aryl methyl sites for hydroxylation is 2. The van der Waals surface area contributed by atoms with Crippen LogP contribution in [0.25, 0.3) is 0 Å². The van der Waals surface area contributed by atoms with E-state index in [0.29, 0.717) is 6.54 Å². The van der Waals surface area contributed by atoms with E-state index in [1.54, 1.807) is 6.26 Å². The fourth-order valence-electron chi connectivity index (χ4n) is 2.83. The number of rotatable bonds is 7. The van der Waals surface area contributed by atoms with Crippen LogP contribution >= 0.6 is 0 Å². The summed E-state index contributed by atoms with van der Waals surface area (Å²) in [6.45, 7) is 7.20. The fraction of sp³-hybridized carbons (Fsp3) is 0.333. The molecule has 2 heterocycles. The topological polar surface area (TPSA) is 75.6 Å². The molecule has 0 aliphatic carbocycles. The van der Waals surface area contributed by atoms with E-state index in [9.17, 15) is 0 Å². The zero-order chi connectivity index (χ0) is 19.1. The predicted octanol–water partition coefficient (Wildman–Crippen LogP) is 3.92. The summed E-state index contributed by atoms with van der Waals surface area (Å²) in [4.78, 5) is 4.74. The van der Waals surface area contributed by atoms with Gasteiger partial charge in [-0.2, -0.15) is 0 Å². The van der Waals surface area contributed by atoms with Crippen LogP contribution < -0.4 is 10.6 Å². The maximum absolute atomic E-state index is 5.40. The van der Waals surface area contributed by atoms with Crippen molar-refractivity contribution < 1.29 is 8.94 Å². The quantitative estimate of drug-likeness (QED) is 0.490. The first-order valence-electron chi connectivity index (χ1n) is 9.17. The number of aromatic nitrogens is 1. The summed E-state index contributed by atoms with van der Waals surface area (Å²) in [5.74, 6) is 2.50. The summed E-state index contributed by atoms with van der Waals surface area (Å²) in [5.41, 5.74) is 3.10. The van der Waals surface area contributed by atoms with Crippen LogP contribution in [0.5, 0.6) is 0 Å². The molecule has 1 unspecified atom stereocenters. The van der Waals surface area contributed by atoms with E-state index in [1.165, 1.54) is 5.56 Å². The van der Waals surface area contributed by atoms with Crippen molar-refractivity contribution in [2.75, 3.05) is 6.54 Å². The highest BCUT2D eigenvalue weighted by Crippen LogP contribution is 2.14. The molecule has 142 valence electrons. The third-order valence-electron chi connectivity index (χ3n) is 4.47. The average molecular weight is 366 g/mol. The van der Waals surface area contributed by atoms with Crippen LogP contribution in [-0.2, 0) is 13.0 Å². The van der Waals surface area contributed by atoms with Crippen LogP contribution in [0, 0.1) is 13.8 Å². The van der Waals surface area contributed by atoms with Crippen molar-refractivity contribution >= 4 is 5.96 Å². The molecule has 0 spiro atoms. The fourth-order valence-corrected chi connectivity index (χ4v) is 2.83. The van der Waals surface area contributed by atoms with Gasteiger partial charge in [0.25, 0.3) is 0 Å². The monoisotopic (exact) mass is 366 g/mol. The van der Waals surface area contributed by atoms with E-state index in [2.05, 4.69) is 34.8 Å². The van der Waals surface area contributed by atoms with Gasteiger partial charge in [0.2, 0.25) is 0 Å². The number of hydrogen-bond donors (Lipinski definition) is 2. The first-order chi connectivity index (χ1) is 13.1. The second kappa shape index (κ2) is 9.07. The van der Waals surface area contributed by atoms with Gasteiger partial charge in [-0.3, -0.25) is 0 Å². The molecule has 6 nitrogen and oxygen atoms in total. The molecule has 2 aromatic heterocycles. The highest BCUT2D eigenvalue weighted by atomic mass is 16.5. The first-order valence-corrected chi connectivity index (χ1v) is 9.17. The van der Waals surface area contributed by atoms with Crippen LogP contribution in [0.1, 0.15) is 41.3 Å². The minimum Gasteiger partial charge on any atom is -0.469 e. The lowest BCUT2D eigenvalue weighted by Crippen LogP contribution is -2.39. The molecule has 0 bridgehead atoms. The molecule has 0 aliphatic rings. The van der Waals surface area contributed by atoms with Gasteiger partial charge in [-0.1, -0.05) is 35.5 Å². The van der Waals surface area contributed by atoms with Gasteiger partial charge in [-0.25, -0.2) is 4.99 Å². The summed E-state index contributed by atoms with van der Waals surface area (Å²) in [6.07, 6.45) is 2.48. The summed E-state index contributed by atoms with van der Waals surface area (Å²) < 4.78 is 10.6. The Morgan fingerprint density at radius 3 is 2.63 bits per heavy atom. The van der Waals surface area contributed by atoms with E-state index in [0.717, 1.165) is 41.7 Å². The Morgan fingerprint density at radius 1 is 1.15 bits per heavy atom. The van der Waals surface area contributed by atoms with Crippen molar-refractivity contribution in [1.82, 2.24) is 15.8 Å². The van der Waals surface area contributed by atoms with E-state index in [-0.39, 0.29) is 6.04 Å². The minimum atomic E-state index is 0.130. The Balaban J connectivity index is 1.68. The molecule has 1 aromatic carbocycles. The van der Waals surface area contributed by atoms with Crippen LogP contribution in [0.15, 0.2) is 62.7 Å². The summed E-state index contributed by atoms with van der Waals surface area (Å²) in [7, 11) is 0. The SMILES string of the molecule is Cc1noc(C)c1CN=C(NCCc1ccco1)NC(C)c1ccccc1. The molecule has 0 saturated carbocycles. The van der Waals surface area contributed by atoms with Gasteiger partial charge in [-0.05, 0) is 38.5 Å². The van der Waals surface area contributed by atoms with Crippen LogP contribution in [0.3, 0.4) is 0 Å². The minimum absolute atomic E-state index is 0.130. The van der Waals surface area contributed by atoms with Gasteiger partial charge < -0.3 is 19.6 Å². The van der Waals surface area contributed by atoms with Crippen molar-refractivity contribution in [3.8, 4) is 0 Å². The number of furan rings is 1. The Bertz CT molecular complexity index is 834. The smallest absolute Gasteiger partial charge is 0.192 e. The number of aliphatic imine (C=N–C) groups is 1. The highest BCUT2D eigenvalue weighted by molar-refractivity contribution is 5.80. The van der Waals surface area contributed by atoms with E-state index < -0.39 is 0 Å². The van der Waals surface area contributed by atoms with Crippen LogP contribution in [0.2, 0.25) is 0 Å². The second-order valence-corrected chi connectivity index (χ2v) is 6.50. The van der Waals surface area contributed by atoms with Crippen molar-refractivity contribution in [3.63, 3.8) is 0 Å². The Morgan fingerprint density at radius 2 is 1.96 bits per heavy atom. The lowest BCUT2D eigenvalue weighted by Gasteiger charge is -2.18.